The summed E-state index contributed by atoms with van der Waals surface area (Å²) in [5.74, 6) is 1.87. The fourth-order valence-electron chi connectivity index (χ4n) is 2.09. The van der Waals surface area contributed by atoms with Gasteiger partial charge in [0.05, 0.1) is 37.8 Å². The van der Waals surface area contributed by atoms with Crippen LogP contribution in [-0.2, 0) is 0 Å². The zero-order valence-corrected chi connectivity index (χ0v) is 16.3. The van der Waals surface area contributed by atoms with Gasteiger partial charge in [0.25, 0.3) is 0 Å². The Kier molecular flexibility index (Phi) is 7.50. The Balaban J connectivity index is 1.98. The standard InChI is InChI=1S/C18H20ClN3O3S/c1-4-25-13-7-5-12(6-8-13)11-20-22-18(26)21-15-10-16(23-2)14(19)9-17(15)24-3/h5-11H,4H2,1-3H3,(H2,21,22,26). The summed E-state index contributed by atoms with van der Waals surface area (Å²) in [6.45, 7) is 2.58. The Morgan fingerprint density at radius 1 is 1.15 bits per heavy atom. The van der Waals surface area contributed by atoms with Gasteiger partial charge < -0.3 is 19.5 Å². The Labute approximate surface area is 163 Å². The first-order valence-electron chi connectivity index (χ1n) is 7.81. The van der Waals surface area contributed by atoms with Crippen molar-refractivity contribution in [3.8, 4) is 17.2 Å². The Morgan fingerprint density at radius 2 is 1.85 bits per heavy atom. The van der Waals surface area contributed by atoms with Crippen molar-refractivity contribution in [2.75, 3.05) is 26.1 Å². The summed E-state index contributed by atoms with van der Waals surface area (Å²) >= 11 is 11.3. The summed E-state index contributed by atoms with van der Waals surface area (Å²) in [7, 11) is 3.08. The predicted octanol–water partition coefficient (Wildman–Crippen LogP) is 4.08. The van der Waals surface area contributed by atoms with Crippen molar-refractivity contribution in [2.45, 2.75) is 6.92 Å². The molecule has 138 valence electrons. The maximum atomic E-state index is 6.09. The Hall–Kier alpha value is -2.51. The quantitative estimate of drug-likeness (QED) is 0.420. The molecule has 0 spiro atoms. The smallest absolute Gasteiger partial charge is 0.191 e. The Morgan fingerprint density at radius 3 is 2.46 bits per heavy atom. The van der Waals surface area contributed by atoms with E-state index in [1.807, 2.05) is 31.2 Å². The highest BCUT2D eigenvalue weighted by molar-refractivity contribution is 7.80. The van der Waals surface area contributed by atoms with Crippen molar-refractivity contribution in [3.05, 3.63) is 47.0 Å². The van der Waals surface area contributed by atoms with Crippen LogP contribution in [0.25, 0.3) is 0 Å². The maximum absolute atomic E-state index is 6.09. The molecule has 2 aromatic rings. The van der Waals surface area contributed by atoms with Crippen LogP contribution in [0.4, 0.5) is 5.69 Å². The predicted molar refractivity (Wildman–Crippen MR) is 109 cm³/mol. The van der Waals surface area contributed by atoms with Crippen LogP contribution in [0, 0.1) is 0 Å². The van der Waals surface area contributed by atoms with Gasteiger partial charge in [-0.05, 0) is 49.0 Å². The van der Waals surface area contributed by atoms with Crippen LogP contribution in [0.15, 0.2) is 41.5 Å². The summed E-state index contributed by atoms with van der Waals surface area (Å²) in [5, 5.41) is 7.86. The zero-order chi connectivity index (χ0) is 18.9. The van der Waals surface area contributed by atoms with E-state index in [0.29, 0.717) is 33.9 Å². The minimum absolute atomic E-state index is 0.301. The minimum atomic E-state index is 0.301. The topological polar surface area (TPSA) is 64.1 Å². The van der Waals surface area contributed by atoms with Crippen LogP contribution in [-0.4, -0.2) is 32.2 Å². The first-order chi connectivity index (χ1) is 12.6. The second-order valence-electron chi connectivity index (χ2n) is 5.01. The van der Waals surface area contributed by atoms with Crippen LogP contribution >= 0.6 is 23.8 Å². The van der Waals surface area contributed by atoms with E-state index in [9.17, 15) is 0 Å². The van der Waals surface area contributed by atoms with Gasteiger partial charge in [0, 0.05) is 12.1 Å². The van der Waals surface area contributed by atoms with Crippen molar-refractivity contribution >= 4 is 40.8 Å². The van der Waals surface area contributed by atoms with E-state index in [4.69, 9.17) is 38.0 Å². The average molecular weight is 394 g/mol. The number of nitrogens with zero attached hydrogens (tertiary/aromatic N) is 1. The minimum Gasteiger partial charge on any atom is -0.495 e. The SMILES string of the molecule is CCOc1ccc(C=NNC(=S)Nc2cc(OC)c(Cl)cc2OC)cc1. The van der Waals surface area contributed by atoms with Crippen molar-refractivity contribution in [2.24, 2.45) is 5.10 Å². The molecule has 0 saturated carbocycles. The first-order valence-corrected chi connectivity index (χ1v) is 8.60. The number of hydrogen-bond donors (Lipinski definition) is 2. The molecule has 8 heteroatoms. The van der Waals surface area contributed by atoms with Gasteiger partial charge in [-0.25, -0.2) is 0 Å². The number of halogens is 1. The summed E-state index contributed by atoms with van der Waals surface area (Å²) in [4.78, 5) is 0. The van der Waals surface area contributed by atoms with Gasteiger partial charge in [-0.3, -0.25) is 5.43 Å². The molecule has 2 aromatic carbocycles. The van der Waals surface area contributed by atoms with Crippen LogP contribution < -0.4 is 25.0 Å². The largest absolute Gasteiger partial charge is 0.495 e. The highest BCUT2D eigenvalue weighted by Gasteiger charge is 2.10. The highest BCUT2D eigenvalue weighted by atomic mass is 35.5. The number of hydrazone groups is 1. The first kappa shape index (κ1) is 19.8. The molecule has 6 nitrogen and oxygen atoms in total. The fourth-order valence-corrected chi connectivity index (χ4v) is 2.48. The molecule has 0 aliphatic heterocycles. The van der Waals surface area contributed by atoms with Crippen LogP contribution in [0.1, 0.15) is 12.5 Å². The molecule has 0 aliphatic carbocycles. The van der Waals surface area contributed by atoms with E-state index < -0.39 is 0 Å². The molecule has 0 heterocycles. The third-order valence-electron chi connectivity index (χ3n) is 3.29. The number of rotatable bonds is 7. The van der Waals surface area contributed by atoms with Crippen molar-refractivity contribution in [3.63, 3.8) is 0 Å². The molecule has 0 aliphatic rings. The normalized spacial score (nSPS) is 10.5. The molecule has 0 unspecified atom stereocenters. The van der Waals surface area contributed by atoms with Gasteiger partial charge in [0.1, 0.15) is 17.2 Å². The van der Waals surface area contributed by atoms with E-state index in [2.05, 4.69) is 15.8 Å². The zero-order valence-electron chi connectivity index (χ0n) is 14.7. The van der Waals surface area contributed by atoms with E-state index in [0.717, 1.165) is 11.3 Å². The third-order valence-corrected chi connectivity index (χ3v) is 3.78. The van der Waals surface area contributed by atoms with E-state index in [1.54, 1.807) is 25.5 Å². The summed E-state index contributed by atoms with van der Waals surface area (Å²) in [6, 6.07) is 10.9. The fraction of sp³-hybridized carbons (Fsp3) is 0.222. The molecule has 0 amide bonds. The molecular formula is C18H20ClN3O3S. The number of nitrogens with one attached hydrogen (secondary N) is 2. The summed E-state index contributed by atoms with van der Waals surface area (Å²) < 4.78 is 15.9. The lowest BCUT2D eigenvalue weighted by atomic mass is 10.2. The van der Waals surface area contributed by atoms with Crippen molar-refractivity contribution in [1.29, 1.82) is 0 Å². The van der Waals surface area contributed by atoms with Crippen LogP contribution in [0.2, 0.25) is 5.02 Å². The molecule has 0 aromatic heterocycles. The van der Waals surface area contributed by atoms with E-state index in [1.165, 1.54) is 7.11 Å². The number of methoxy groups -OCH3 is 2. The molecule has 0 saturated heterocycles. The second kappa shape index (κ2) is 9.84. The maximum Gasteiger partial charge on any atom is 0.191 e. The highest BCUT2D eigenvalue weighted by Crippen LogP contribution is 2.35. The molecular weight excluding hydrogens is 374 g/mol. The number of benzene rings is 2. The monoisotopic (exact) mass is 393 g/mol. The lowest BCUT2D eigenvalue weighted by Gasteiger charge is -2.14. The van der Waals surface area contributed by atoms with Gasteiger partial charge in [0.15, 0.2) is 5.11 Å². The Bertz CT molecular complexity index is 782. The molecule has 0 radical (unpaired) electrons. The van der Waals surface area contributed by atoms with Crippen LogP contribution in [0.5, 0.6) is 17.2 Å². The van der Waals surface area contributed by atoms with Crippen molar-refractivity contribution in [1.82, 2.24) is 5.43 Å². The average Bonchev–Trinajstić information content (AvgIpc) is 2.64. The molecule has 2 N–H and O–H groups in total. The summed E-state index contributed by atoms with van der Waals surface area (Å²) in [5.41, 5.74) is 4.28. The third kappa shape index (κ3) is 5.50. The molecule has 0 fully saturated rings. The van der Waals surface area contributed by atoms with Crippen LogP contribution in [0.3, 0.4) is 0 Å². The second-order valence-corrected chi connectivity index (χ2v) is 5.83. The van der Waals surface area contributed by atoms with Gasteiger partial charge in [0.2, 0.25) is 0 Å². The van der Waals surface area contributed by atoms with Gasteiger partial charge in [-0.2, -0.15) is 5.10 Å². The molecule has 26 heavy (non-hydrogen) atoms. The number of anilines is 1. The number of thiocarbonyl (C=S) groups is 1. The molecule has 0 bridgehead atoms. The van der Waals surface area contributed by atoms with Gasteiger partial charge in [-0.15, -0.1) is 0 Å². The van der Waals surface area contributed by atoms with Gasteiger partial charge in [-0.1, -0.05) is 11.6 Å². The van der Waals surface area contributed by atoms with E-state index in [-0.39, 0.29) is 0 Å². The number of hydrogen-bond acceptors (Lipinski definition) is 5. The van der Waals surface area contributed by atoms with E-state index >= 15 is 0 Å². The molecule has 2 rings (SSSR count). The van der Waals surface area contributed by atoms with Gasteiger partial charge >= 0.3 is 0 Å². The summed E-state index contributed by atoms with van der Waals surface area (Å²) in [6.07, 6.45) is 1.66. The number of ether oxygens (including phenoxy) is 3. The lowest BCUT2D eigenvalue weighted by Crippen LogP contribution is -2.24. The lowest BCUT2D eigenvalue weighted by molar-refractivity contribution is 0.340. The molecule has 0 atom stereocenters. The van der Waals surface area contributed by atoms with Crippen molar-refractivity contribution < 1.29 is 14.2 Å².